The maximum Gasteiger partial charge on any atom is 0.259 e. The van der Waals surface area contributed by atoms with Gasteiger partial charge in [-0.2, -0.15) is 0 Å². The van der Waals surface area contributed by atoms with Gasteiger partial charge in [-0.1, -0.05) is 19.0 Å². The molecule has 0 saturated carbocycles. The van der Waals surface area contributed by atoms with Crippen LogP contribution >= 0.6 is 15.9 Å². The smallest absolute Gasteiger partial charge is 0.259 e. The number of hydrogen-bond donors (Lipinski definition) is 0. The lowest BCUT2D eigenvalue weighted by Gasteiger charge is -2.35. The number of halogens is 1. The number of nitrogens with zero attached hydrogens (tertiary/aromatic N) is 5. The summed E-state index contributed by atoms with van der Waals surface area (Å²) in [6.45, 7) is 8.72. The standard InChI is InChI=1S/C20H22BrN5O2/c1-12(2)16-10-15(18-13(3)24-28-19(18)23-16)20(27)26-8-6-25(7-9-26)17-5-4-14(21)11-22-17/h4-5,10-12H,6-9H2,1-3H3. The molecule has 28 heavy (non-hydrogen) atoms. The van der Waals surface area contributed by atoms with Crippen LogP contribution in [0.2, 0.25) is 0 Å². The Balaban J connectivity index is 1.57. The minimum atomic E-state index is 0.00372. The summed E-state index contributed by atoms with van der Waals surface area (Å²) in [5, 5.41) is 4.73. The summed E-state index contributed by atoms with van der Waals surface area (Å²) >= 11 is 3.41. The van der Waals surface area contributed by atoms with Gasteiger partial charge in [-0.25, -0.2) is 9.97 Å². The predicted octanol–water partition coefficient (Wildman–Crippen LogP) is 3.77. The highest BCUT2D eigenvalue weighted by Gasteiger charge is 2.27. The molecule has 0 aliphatic carbocycles. The summed E-state index contributed by atoms with van der Waals surface area (Å²) < 4.78 is 6.31. The summed E-state index contributed by atoms with van der Waals surface area (Å²) in [7, 11) is 0. The molecule has 1 fully saturated rings. The van der Waals surface area contributed by atoms with Gasteiger partial charge < -0.3 is 14.3 Å². The van der Waals surface area contributed by atoms with Gasteiger partial charge in [-0.3, -0.25) is 4.79 Å². The molecule has 0 radical (unpaired) electrons. The van der Waals surface area contributed by atoms with Crippen molar-refractivity contribution in [3.8, 4) is 0 Å². The van der Waals surface area contributed by atoms with Gasteiger partial charge >= 0.3 is 0 Å². The summed E-state index contributed by atoms with van der Waals surface area (Å²) in [5.41, 5.74) is 2.59. The zero-order valence-corrected chi connectivity index (χ0v) is 17.7. The van der Waals surface area contributed by atoms with E-state index in [-0.39, 0.29) is 11.8 Å². The number of amides is 1. The minimum Gasteiger partial charge on any atom is -0.353 e. The molecule has 3 aromatic heterocycles. The molecule has 1 amide bonds. The molecule has 146 valence electrons. The van der Waals surface area contributed by atoms with E-state index in [1.807, 2.05) is 30.0 Å². The van der Waals surface area contributed by atoms with Gasteiger partial charge in [0.2, 0.25) is 0 Å². The van der Waals surface area contributed by atoms with Crippen molar-refractivity contribution in [1.29, 1.82) is 0 Å². The van der Waals surface area contributed by atoms with Crippen LogP contribution in [0.5, 0.6) is 0 Å². The van der Waals surface area contributed by atoms with Crippen molar-refractivity contribution < 1.29 is 9.32 Å². The highest BCUT2D eigenvalue weighted by Crippen LogP contribution is 2.27. The number of piperazine rings is 1. The van der Waals surface area contributed by atoms with Crippen LogP contribution in [0.15, 0.2) is 33.4 Å². The quantitative estimate of drug-likeness (QED) is 0.612. The van der Waals surface area contributed by atoms with E-state index in [1.54, 1.807) is 6.20 Å². The summed E-state index contributed by atoms with van der Waals surface area (Å²) in [5.74, 6) is 1.13. The topological polar surface area (TPSA) is 75.4 Å². The lowest BCUT2D eigenvalue weighted by atomic mass is 10.0. The van der Waals surface area contributed by atoms with E-state index in [2.05, 4.69) is 49.8 Å². The monoisotopic (exact) mass is 443 g/mol. The summed E-state index contributed by atoms with van der Waals surface area (Å²) in [4.78, 5) is 26.4. The fourth-order valence-corrected chi connectivity index (χ4v) is 3.68. The zero-order chi connectivity index (χ0) is 19.8. The molecule has 4 heterocycles. The van der Waals surface area contributed by atoms with Crippen molar-refractivity contribution in [3.63, 3.8) is 0 Å². The first-order valence-electron chi connectivity index (χ1n) is 9.36. The molecule has 0 spiro atoms. The molecule has 8 heteroatoms. The number of hydrogen-bond acceptors (Lipinski definition) is 6. The van der Waals surface area contributed by atoms with E-state index in [1.165, 1.54) is 0 Å². The second-order valence-electron chi connectivity index (χ2n) is 7.31. The summed E-state index contributed by atoms with van der Waals surface area (Å²) in [6.07, 6.45) is 1.79. The molecular weight excluding hydrogens is 422 g/mol. The van der Waals surface area contributed by atoms with E-state index < -0.39 is 0 Å². The number of carbonyl (C=O) groups excluding carboxylic acids is 1. The van der Waals surface area contributed by atoms with Crippen molar-refractivity contribution in [2.24, 2.45) is 0 Å². The second kappa shape index (κ2) is 7.50. The normalized spacial score (nSPS) is 14.9. The van der Waals surface area contributed by atoms with Crippen molar-refractivity contribution in [2.45, 2.75) is 26.7 Å². The Morgan fingerprint density at radius 1 is 1.21 bits per heavy atom. The van der Waals surface area contributed by atoms with Crippen molar-refractivity contribution in [2.75, 3.05) is 31.1 Å². The lowest BCUT2D eigenvalue weighted by Crippen LogP contribution is -2.49. The Morgan fingerprint density at radius 2 is 1.96 bits per heavy atom. The van der Waals surface area contributed by atoms with Gasteiger partial charge in [0.25, 0.3) is 11.6 Å². The maximum atomic E-state index is 13.3. The van der Waals surface area contributed by atoms with Crippen LogP contribution in [-0.4, -0.2) is 52.1 Å². The van der Waals surface area contributed by atoms with Gasteiger partial charge in [0.1, 0.15) is 5.82 Å². The predicted molar refractivity (Wildman–Crippen MR) is 111 cm³/mol. The molecule has 1 aliphatic rings. The van der Waals surface area contributed by atoms with Crippen LogP contribution in [0.25, 0.3) is 11.1 Å². The summed E-state index contributed by atoms with van der Waals surface area (Å²) in [6, 6.07) is 5.86. The van der Waals surface area contributed by atoms with Crippen molar-refractivity contribution in [3.05, 3.63) is 45.8 Å². The molecule has 1 saturated heterocycles. The zero-order valence-electron chi connectivity index (χ0n) is 16.1. The SMILES string of the molecule is Cc1noc2nc(C(C)C)cc(C(=O)N3CCN(c4ccc(Br)cn4)CC3)c12. The number of aromatic nitrogens is 3. The molecule has 0 atom stereocenters. The van der Waals surface area contributed by atoms with Gasteiger partial charge in [-0.05, 0) is 47.0 Å². The molecule has 0 N–H and O–H groups in total. The van der Waals surface area contributed by atoms with E-state index >= 15 is 0 Å². The molecule has 0 aromatic carbocycles. The maximum absolute atomic E-state index is 13.3. The average molecular weight is 444 g/mol. The molecule has 0 bridgehead atoms. The highest BCUT2D eigenvalue weighted by atomic mass is 79.9. The van der Waals surface area contributed by atoms with Gasteiger partial charge in [0.15, 0.2) is 0 Å². The Hall–Kier alpha value is -2.48. The number of aryl methyl sites for hydroxylation is 1. The van der Waals surface area contributed by atoms with Crippen molar-refractivity contribution in [1.82, 2.24) is 20.0 Å². The Kier molecular flexibility index (Phi) is 5.05. The second-order valence-corrected chi connectivity index (χ2v) is 8.23. The van der Waals surface area contributed by atoms with Crippen LogP contribution < -0.4 is 4.90 Å². The molecule has 0 unspecified atom stereocenters. The van der Waals surface area contributed by atoms with Gasteiger partial charge in [0.05, 0.1) is 16.6 Å². The largest absolute Gasteiger partial charge is 0.353 e. The third-order valence-electron chi connectivity index (χ3n) is 5.06. The molecular formula is C20H22BrN5O2. The first-order chi connectivity index (χ1) is 13.4. The van der Waals surface area contributed by atoms with E-state index in [9.17, 15) is 4.79 Å². The minimum absolute atomic E-state index is 0.00372. The highest BCUT2D eigenvalue weighted by molar-refractivity contribution is 9.10. The van der Waals surface area contributed by atoms with Crippen LogP contribution in [-0.2, 0) is 0 Å². The Morgan fingerprint density at radius 3 is 2.61 bits per heavy atom. The first-order valence-corrected chi connectivity index (χ1v) is 10.2. The number of rotatable bonds is 3. The van der Waals surface area contributed by atoms with Crippen molar-refractivity contribution >= 4 is 38.8 Å². The fraction of sp³-hybridized carbons (Fsp3) is 0.400. The van der Waals surface area contributed by atoms with E-state index in [4.69, 9.17) is 4.52 Å². The first kappa shape index (κ1) is 18.9. The third kappa shape index (κ3) is 3.48. The molecule has 1 aliphatic heterocycles. The fourth-order valence-electron chi connectivity index (χ4n) is 3.44. The number of pyridine rings is 2. The third-order valence-corrected chi connectivity index (χ3v) is 5.53. The van der Waals surface area contributed by atoms with Crippen LogP contribution in [0, 0.1) is 6.92 Å². The Labute approximate surface area is 171 Å². The number of anilines is 1. The lowest BCUT2D eigenvalue weighted by molar-refractivity contribution is 0.0748. The Bertz CT molecular complexity index is 1010. The van der Waals surface area contributed by atoms with E-state index in [0.717, 1.165) is 29.1 Å². The number of fused-ring (bicyclic) bond motifs is 1. The molecule has 4 rings (SSSR count). The molecule has 3 aromatic rings. The molecule has 7 nitrogen and oxygen atoms in total. The van der Waals surface area contributed by atoms with Crippen LogP contribution in [0.1, 0.15) is 41.5 Å². The van der Waals surface area contributed by atoms with Gasteiger partial charge in [0, 0.05) is 42.5 Å². The van der Waals surface area contributed by atoms with E-state index in [0.29, 0.717) is 35.4 Å². The van der Waals surface area contributed by atoms with Gasteiger partial charge in [-0.15, -0.1) is 0 Å². The average Bonchev–Trinajstić information content (AvgIpc) is 3.08. The van der Waals surface area contributed by atoms with Crippen LogP contribution in [0.4, 0.5) is 5.82 Å². The number of carbonyl (C=O) groups is 1. The van der Waals surface area contributed by atoms with Crippen LogP contribution in [0.3, 0.4) is 0 Å².